The van der Waals surface area contributed by atoms with Crippen molar-refractivity contribution in [1.82, 2.24) is 4.31 Å². The first kappa shape index (κ1) is 22.1. The molecular weight excluding hydrogens is 373 g/mol. The Bertz CT molecular complexity index is 693. The van der Waals surface area contributed by atoms with Gasteiger partial charge in [0.2, 0.25) is 10.0 Å². The highest BCUT2D eigenvalue weighted by atomic mass is 32.2. The van der Waals surface area contributed by atoms with Gasteiger partial charge in [-0.05, 0) is 56.2 Å². The number of aliphatic hydroxyl groups is 1. The van der Waals surface area contributed by atoms with Gasteiger partial charge in [-0.2, -0.15) is 4.31 Å². The number of methoxy groups -OCH3 is 1. The Kier molecular flexibility index (Phi) is 8.47. The molecule has 6 nitrogen and oxygen atoms in total. The fourth-order valence-corrected chi connectivity index (χ4v) is 4.47. The summed E-state index contributed by atoms with van der Waals surface area (Å²) in [6.07, 6.45) is 3.90. The molecule has 0 aliphatic heterocycles. The standard InChI is InChI=1S/C19H30FNO5S/c1-15(21(14-25-2)27(23,24)11-5-3-4-10-22)17-8-9-18(20)19(12-17)26-13-16-6-7-16/h8-9,12,15-16,22H,3-7,10-11,13-14H2,1-2H3/t15-/m1/s1. The Morgan fingerprint density at radius 1 is 1.30 bits per heavy atom. The topological polar surface area (TPSA) is 76.1 Å². The first-order chi connectivity index (χ1) is 12.9. The second-order valence-electron chi connectivity index (χ2n) is 7.03. The number of hydrogen-bond acceptors (Lipinski definition) is 5. The fourth-order valence-electron chi connectivity index (χ4n) is 2.80. The van der Waals surface area contributed by atoms with Gasteiger partial charge in [0, 0.05) is 19.8 Å². The van der Waals surface area contributed by atoms with E-state index in [-0.39, 0.29) is 24.8 Å². The van der Waals surface area contributed by atoms with Crippen molar-refractivity contribution in [3.8, 4) is 5.75 Å². The number of nitrogens with zero attached hydrogens (tertiary/aromatic N) is 1. The average molecular weight is 404 g/mol. The smallest absolute Gasteiger partial charge is 0.216 e. The lowest BCUT2D eigenvalue weighted by molar-refractivity contribution is 0.0973. The Morgan fingerprint density at radius 2 is 2.04 bits per heavy atom. The minimum atomic E-state index is -3.56. The molecular formula is C19H30FNO5S. The maximum absolute atomic E-state index is 14.0. The zero-order chi connectivity index (χ0) is 19.9. The summed E-state index contributed by atoms with van der Waals surface area (Å²) in [5.41, 5.74) is 0.651. The van der Waals surface area contributed by atoms with E-state index in [0.717, 1.165) is 12.8 Å². The largest absolute Gasteiger partial charge is 0.490 e. The van der Waals surface area contributed by atoms with Gasteiger partial charge in [-0.1, -0.05) is 12.5 Å². The molecule has 0 amide bonds. The molecule has 0 bridgehead atoms. The van der Waals surface area contributed by atoms with Crippen molar-refractivity contribution in [2.45, 2.75) is 45.1 Å². The lowest BCUT2D eigenvalue weighted by Gasteiger charge is -2.28. The highest BCUT2D eigenvalue weighted by molar-refractivity contribution is 7.89. The molecule has 1 atom stereocenters. The van der Waals surface area contributed by atoms with Gasteiger partial charge in [0.15, 0.2) is 11.6 Å². The second kappa shape index (κ2) is 10.4. The molecule has 0 saturated heterocycles. The van der Waals surface area contributed by atoms with Gasteiger partial charge in [0.05, 0.1) is 12.4 Å². The van der Waals surface area contributed by atoms with E-state index in [4.69, 9.17) is 14.6 Å². The molecule has 1 aromatic rings. The molecule has 1 fully saturated rings. The first-order valence-corrected chi connectivity index (χ1v) is 11.0. The number of unbranched alkanes of at least 4 members (excludes halogenated alkanes) is 2. The van der Waals surface area contributed by atoms with Crippen LogP contribution in [0.15, 0.2) is 18.2 Å². The lowest BCUT2D eigenvalue weighted by atomic mass is 10.1. The molecule has 2 rings (SSSR count). The summed E-state index contributed by atoms with van der Waals surface area (Å²) >= 11 is 0. The number of aliphatic hydroxyl groups excluding tert-OH is 1. The van der Waals surface area contributed by atoms with Gasteiger partial charge in [0.1, 0.15) is 6.73 Å². The van der Waals surface area contributed by atoms with E-state index in [2.05, 4.69) is 0 Å². The molecule has 1 saturated carbocycles. The monoisotopic (exact) mass is 403 g/mol. The number of rotatable bonds is 13. The molecule has 0 unspecified atom stereocenters. The van der Waals surface area contributed by atoms with Crippen LogP contribution in [0.2, 0.25) is 0 Å². The lowest BCUT2D eigenvalue weighted by Crippen LogP contribution is -2.37. The molecule has 1 N–H and O–H groups in total. The zero-order valence-corrected chi connectivity index (χ0v) is 16.9. The predicted molar refractivity (Wildman–Crippen MR) is 101 cm³/mol. The summed E-state index contributed by atoms with van der Waals surface area (Å²) in [5, 5.41) is 8.83. The summed E-state index contributed by atoms with van der Waals surface area (Å²) in [5.74, 6) is 0.183. The van der Waals surface area contributed by atoms with Crippen LogP contribution in [0.25, 0.3) is 0 Å². The summed E-state index contributed by atoms with van der Waals surface area (Å²) in [7, 11) is -2.12. The van der Waals surface area contributed by atoms with E-state index >= 15 is 0 Å². The minimum Gasteiger partial charge on any atom is -0.490 e. The molecule has 1 aliphatic rings. The molecule has 1 aliphatic carbocycles. The van der Waals surface area contributed by atoms with E-state index in [1.165, 1.54) is 17.5 Å². The van der Waals surface area contributed by atoms with Gasteiger partial charge in [-0.25, -0.2) is 12.8 Å². The Hall–Kier alpha value is -1.22. The Balaban J connectivity index is 2.12. The number of benzene rings is 1. The average Bonchev–Trinajstić information content (AvgIpc) is 3.46. The SMILES string of the molecule is COCN([C@H](C)c1ccc(F)c(OCC2CC2)c1)S(=O)(=O)CCCCCO. The van der Waals surface area contributed by atoms with Crippen LogP contribution in [-0.4, -0.2) is 50.6 Å². The van der Waals surface area contributed by atoms with Crippen LogP contribution in [0, 0.1) is 11.7 Å². The highest BCUT2D eigenvalue weighted by Gasteiger charge is 2.29. The molecule has 27 heavy (non-hydrogen) atoms. The van der Waals surface area contributed by atoms with Crippen molar-refractivity contribution >= 4 is 10.0 Å². The number of hydrogen-bond donors (Lipinski definition) is 1. The Labute approximate surface area is 161 Å². The maximum Gasteiger partial charge on any atom is 0.216 e. The fraction of sp³-hybridized carbons (Fsp3) is 0.684. The molecule has 8 heteroatoms. The third-order valence-electron chi connectivity index (χ3n) is 4.72. The summed E-state index contributed by atoms with van der Waals surface area (Å²) in [4.78, 5) is 0. The van der Waals surface area contributed by atoms with Crippen molar-refractivity contribution in [2.24, 2.45) is 5.92 Å². The van der Waals surface area contributed by atoms with E-state index < -0.39 is 21.9 Å². The van der Waals surface area contributed by atoms with Crippen molar-refractivity contribution in [3.05, 3.63) is 29.6 Å². The van der Waals surface area contributed by atoms with E-state index in [9.17, 15) is 12.8 Å². The van der Waals surface area contributed by atoms with Gasteiger partial charge >= 0.3 is 0 Å². The predicted octanol–water partition coefficient (Wildman–Crippen LogP) is 3.07. The summed E-state index contributed by atoms with van der Waals surface area (Å²) < 4.78 is 51.5. The van der Waals surface area contributed by atoms with E-state index in [1.807, 2.05) is 0 Å². The second-order valence-corrected chi connectivity index (χ2v) is 9.07. The molecule has 0 spiro atoms. The first-order valence-electron chi connectivity index (χ1n) is 9.40. The summed E-state index contributed by atoms with van der Waals surface area (Å²) in [6, 6.07) is 3.95. The molecule has 154 valence electrons. The summed E-state index contributed by atoms with van der Waals surface area (Å²) in [6.45, 7) is 2.21. The number of halogens is 1. The molecule has 0 radical (unpaired) electrons. The van der Waals surface area contributed by atoms with Crippen LogP contribution >= 0.6 is 0 Å². The van der Waals surface area contributed by atoms with Gasteiger partial charge < -0.3 is 14.6 Å². The minimum absolute atomic E-state index is 0.0209. The normalized spacial score (nSPS) is 15.9. The van der Waals surface area contributed by atoms with Crippen LogP contribution < -0.4 is 4.74 Å². The third-order valence-corrected chi connectivity index (χ3v) is 6.66. The van der Waals surface area contributed by atoms with Crippen LogP contribution in [0.5, 0.6) is 5.75 Å². The van der Waals surface area contributed by atoms with Gasteiger partial charge in [-0.15, -0.1) is 0 Å². The third kappa shape index (κ3) is 6.71. The number of ether oxygens (including phenoxy) is 2. The number of sulfonamides is 1. The van der Waals surface area contributed by atoms with Gasteiger partial charge in [-0.3, -0.25) is 0 Å². The molecule has 0 aromatic heterocycles. The quantitative estimate of drug-likeness (QED) is 0.405. The van der Waals surface area contributed by atoms with E-state index in [1.54, 1.807) is 19.1 Å². The van der Waals surface area contributed by atoms with Crippen molar-refractivity contribution in [1.29, 1.82) is 0 Å². The van der Waals surface area contributed by atoms with Crippen molar-refractivity contribution < 1.29 is 27.4 Å². The highest BCUT2D eigenvalue weighted by Crippen LogP contribution is 2.32. The zero-order valence-electron chi connectivity index (χ0n) is 16.1. The van der Waals surface area contributed by atoms with Crippen LogP contribution in [0.1, 0.15) is 50.6 Å². The van der Waals surface area contributed by atoms with Crippen LogP contribution in [0.4, 0.5) is 4.39 Å². The van der Waals surface area contributed by atoms with Gasteiger partial charge in [0.25, 0.3) is 0 Å². The maximum atomic E-state index is 14.0. The van der Waals surface area contributed by atoms with Crippen molar-refractivity contribution in [2.75, 3.05) is 32.8 Å². The van der Waals surface area contributed by atoms with Crippen LogP contribution in [-0.2, 0) is 14.8 Å². The Morgan fingerprint density at radius 3 is 2.67 bits per heavy atom. The van der Waals surface area contributed by atoms with E-state index in [0.29, 0.717) is 37.4 Å². The molecule has 0 heterocycles. The van der Waals surface area contributed by atoms with Crippen LogP contribution in [0.3, 0.4) is 0 Å². The van der Waals surface area contributed by atoms with Crippen molar-refractivity contribution in [3.63, 3.8) is 0 Å². The molecule has 1 aromatic carbocycles.